The predicted molar refractivity (Wildman–Crippen MR) is 88.8 cm³/mol. The van der Waals surface area contributed by atoms with E-state index in [9.17, 15) is 26.4 Å². The van der Waals surface area contributed by atoms with Crippen molar-refractivity contribution < 1.29 is 26.0 Å². The van der Waals surface area contributed by atoms with Crippen molar-refractivity contribution in [2.75, 3.05) is 4.72 Å². The summed E-state index contributed by atoms with van der Waals surface area (Å²) in [6, 6.07) is 5.10. The zero-order valence-electron chi connectivity index (χ0n) is 12.9. The van der Waals surface area contributed by atoms with Gasteiger partial charge in [-0.2, -0.15) is 13.2 Å². The van der Waals surface area contributed by atoms with Crippen LogP contribution in [0.1, 0.15) is 11.1 Å². The van der Waals surface area contributed by atoms with Gasteiger partial charge in [0.1, 0.15) is 0 Å². The lowest BCUT2D eigenvalue weighted by Crippen LogP contribution is -2.18. The highest BCUT2D eigenvalue weighted by Crippen LogP contribution is 2.37. The summed E-state index contributed by atoms with van der Waals surface area (Å²) in [4.78, 5) is 13.3. The maximum Gasteiger partial charge on any atom is 0.418 e. The maximum absolute atomic E-state index is 13.1. The zero-order chi connectivity index (χ0) is 19.3. The lowest BCUT2D eigenvalue weighted by atomic mass is 10.2. The average molecular weight is 407 g/mol. The molecule has 2 N–H and O–H groups in total. The number of halogens is 4. The van der Waals surface area contributed by atoms with Crippen molar-refractivity contribution in [3.05, 3.63) is 57.0 Å². The fourth-order valence-electron chi connectivity index (χ4n) is 2.42. The average Bonchev–Trinajstić information content (AvgIpc) is 2.86. The monoisotopic (exact) mass is 406 g/mol. The molecule has 0 spiro atoms. The number of aromatic nitrogens is 1. The Morgan fingerprint density at radius 1 is 1.19 bits per heavy atom. The molecule has 0 saturated heterocycles. The van der Waals surface area contributed by atoms with Crippen LogP contribution in [-0.2, 0) is 16.2 Å². The summed E-state index contributed by atoms with van der Waals surface area (Å²) in [5, 5.41) is -0.188. The molecule has 0 saturated carbocycles. The van der Waals surface area contributed by atoms with Gasteiger partial charge >= 0.3 is 11.9 Å². The number of oxazole rings is 1. The lowest BCUT2D eigenvalue weighted by Gasteiger charge is -2.16. The largest absolute Gasteiger partial charge is 0.418 e. The van der Waals surface area contributed by atoms with Crippen molar-refractivity contribution in [2.24, 2.45) is 0 Å². The topological polar surface area (TPSA) is 92.2 Å². The van der Waals surface area contributed by atoms with Crippen LogP contribution < -0.4 is 10.5 Å². The predicted octanol–water partition coefficient (Wildman–Crippen LogP) is 3.90. The van der Waals surface area contributed by atoms with Crippen LogP contribution in [0.4, 0.5) is 18.9 Å². The van der Waals surface area contributed by atoms with E-state index >= 15 is 0 Å². The molecule has 0 atom stereocenters. The minimum atomic E-state index is -4.81. The van der Waals surface area contributed by atoms with Gasteiger partial charge in [-0.3, -0.25) is 9.71 Å². The van der Waals surface area contributed by atoms with E-state index in [1.165, 1.54) is 13.0 Å². The molecule has 0 fully saturated rings. The minimum Gasteiger partial charge on any atom is -0.408 e. The van der Waals surface area contributed by atoms with E-state index in [0.717, 1.165) is 18.2 Å². The van der Waals surface area contributed by atoms with Crippen LogP contribution in [0, 0.1) is 6.92 Å². The molecule has 3 aromatic rings. The molecule has 6 nitrogen and oxygen atoms in total. The third-order valence-corrected chi connectivity index (χ3v) is 5.28. The molecule has 0 aliphatic carbocycles. The van der Waals surface area contributed by atoms with Crippen LogP contribution in [0.3, 0.4) is 0 Å². The molecule has 0 bridgehead atoms. The van der Waals surface area contributed by atoms with Crippen molar-refractivity contribution in [1.82, 2.24) is 4.98 Å². The van der Waals surface area contributed by atoms with Gasteiger partial charge in [0, 0.05) is 11.1 Å². The summed E-state index contributed by atoms with van der Waals surface area (Å²) < 4.78 is 71.4. The van der Waals surface area contributed by atoms with Crippen molar-refractivity contribution in [3.63, 3.8) is 0 Å². The molecule has 0 amide bonds. The molecule has 3 rings (SSSR count). The molecule has 26 heavy (non-hydrogen) atoms. The molecule has 1 heterocycles. The van der Waals surface area contributed by atoms with E-state index < -0.39 is 33.2 Å². The van der Waals surface area contributed by atoms with E-state index in [-0.39, 0.29) is 26.6 Å². The summed E-state index contributed by atoms with van der Waals surface area (Å²) in [7, 11) is -4.39. The van der Waals surface area contributed by atoms with Gasteiger partial charge in [0.2, 0.25) is 0 Å². The number of anilines is 1. The number of hydrogen-bond donors (Lipinski definition) is 2. The fraction of sp³-hybridized carbons (Fsp3) is 0.133. The number of alkyl halides is 3. The van der Waals surface area contributed by atoms with Crippen molar-refractivity contribution in [3.8, 4) is 0 Å². The number of rotatable bonds is 3. The molecule has 0 unspecified atom stereocenters. The SMILES string of the molecule is Cc1cc2[nH]c(=O)oc2cc1S(=O)(=O)Nc1ccc(Cl)cc1C(F)(F)F. The van der Waals surface area contributed by atoms with E-state index in [2.05, 4.69) is 4.98 Å². The molecular formula is C15H10ClF3N2O4S. The van der Waals surface area contributed by atoms with Crippen LogP contribution in [0.5, 0.6) is 0 Å². The first-order chi connectivity index (χ1) is 12.0. The molecule has 0 aliphatic heterocycles. The quantitative estimate of drug-likeness (QED) is 0.690. The summed E-state index contributed by atoms with van der Waals surface area (Å²) in [5.41, 5.74) is -1.44. The second-order valence-corrected chi connectivity index (χ2v) is 7.51. The molecule has 138 valence electrons. The minimum absolute atomic E-state index is 0.0341. The third kappa shape index (κ3) is 3.42. The van der Waals surface area contributed by atoms with Gasteiger partial charge in [-0.05, 0) is 36.8 Å². The summed E-state index contributed by atoms with van der Waals surface area (Å²) in [6.45, 7) is 1.44. The lowest BCUT2D eigenvalue weighted by molar-refractivity contribution is -0.136. The number of hydrogen-bond acceptors (Lipinski definition) is 4. The van der Waals surface area contributed by atoms with Gasteiger partial charge in [0.25, 0.3) is 10.0 Å². The standard InChI is InChI=1S/C15H10ClF3N2O4S/c1-7-4-11-12(25-14(22)20-11)6-13(7)26(23,24)21-10-3-2-8(16)5-9(10)15(17,18)19/h2-6,21H,1H3,(H,20,22). The first kappa shape index (κ1) is 18.3. The van der Waals surface area contributed by atoms with Crippen LogP contribution >= 0.6 is 11.6 Å². The maximum atomic E-state index is 13.1. The number of benzene rings is 2. The van der Waals surface area contributed by atoms with Crippen molar-refractivity contribution in [2.45, 2.75) is 18.0 Å². The number of aromatic amines is 1. The number of sulfonamides is 1. The van der Waals surface area contributed by atoms with Crippen molar-refractivity contribution in [1.29, 1.82) is 0 Å². The Hall–Kier alpha value is -2.46. The van der Waals surface area contributed by atoms with E-state index in [0.29, 0.717) is 6.07 Å². The summed E-state index contributed by atoms with van der Waals surface area (Å²) >= 11 is 5.58. The van der Waals surface area contributed by atoms with Crippen molar-refractivity contribution >= 4 is 38.4 Å². The number of nitrogens with one attached hydrogen (secondary N) is 2. The van der Waals surface area contributed by atoms with Gasteiger partial charge in [-0.25, -0.2) is 13.2 Å². The third-order valence-electron chi connectivity index (χ3n) is 3.54. The Morgan fingerprint density at radius 3 is 2.54 bits per heavy atom. The van der Waals surface area contributed by atoms with Gasteiger partial charge in [-0.15, -0.1) is 0 Å². The highest BCUT2D eigenvalue weighted by atomic mass is 35.5. The van der Waals surface area contributed by atoms with Crippen LogP contribution in [0.15, 0.2) is 44.4 Å². The van der Waals surface area contributed by atoms with E-state index in [1.54, 1.807) is 0 Å². The highest BCUT2D eigenvalue weighted by molar-refractivity contribution is 7.92. The highest BCUT2D eigenvalue weighted by Gasteiger charge is 2.35. The Morgan fingerprint density at radius 2 is 1.88 bits per heavy atom. The van der Waals surface area contributed by atoms with Crippen LogP contribution in [0.2, 0.25) is 5.02 Å². The Kier molecular flexibility index (Phi) is 4.27. The summed E-state index contributed by atoms with van der Waals surface area (Å²) in [6.07, 6.45) is -4.81. The number of H-pyrrole nitrogens is 1. The van der Waals surface area contributed by atoms with E-state index in [1.807, 2.05) is 4.72 Å². The molecule has 0 radical (unpaired) electrons. The Balaban J connectivity index is 2.11. The molecule has 2 aromatic carbocycles. The van der Waals surface area contributed by atoms with Crippen LogP contribution in [-0.4, -0.2) is 13.4 Å². The van der Waals surface area contributed by atoms with Gasteiger partial charge in [0.05, 0.1) is 21.7 Å². The molecule has 0 aliphatic rings. The molecular weight excluding hydrogens is 397 g/mol. The second-order valence-electron chi connectivity index (χ2n) is 5.42. The first-order valence-electron chi connectivity index (χ1n) is 7.00. The molecule has 11 heteroatoms. The number of aryl methyl sites for hydroxylation is 1. The van der Waals surface area contributed by atoms with Gasteiger partial charge in [-0.1, -0.05) is 11.6 Å². The second kappa shape index (κ2) is 6.06. The molecule has 1 aromatic heterocycles. The van der Waals surface area contributed by atoms with E-state index in [4.69, 9.17) is 16.0 Å². The number of fused-ring (bicyclic) bond motifs is 1. The van der Waals surface area contributed by atoms with Gasteiger partial charge in [0.15, 0.2) is 5.58 Å². The normalized spacial score (nSPS) is 12.5. The smallest absolute Gasteiger partial charge is 0.408 e. The van der Waals surface area contributed by atoms with Gasteiger partial charge < -0.3 is 4.42 Å². The fourth-order valence-corrected chi connectivity index (χ4v) is 3.91. The van der Waals surface area contributed by atoms with Crippen LogP contribution in [0.25, 0.3) is 11.1 Å². The zero-order valence-corrected chi connectivity index (χ0v) is 14.5. The Labute approximate surface area is 149 Å². The first-order valence-corrected chi connectivity index (χ1v) is 8.86. The summed E-state index contributed by atoms with van der Waals surface area (Å²) in [5.74, 6) is -0.779. The Bertz CT molecular complexity index is 1170.